The lowest BCUT2D eigenvalue weighted by Crippen LogP contribution is -2.58. The molecule has 7 heteroatoms. The molecule has 1 aliphatic carbocycles. The predicted octanol–water partition coefficient (Wildman–Crippen LogP) is -0.284. The van der Waals surface area contributed by atoms with Crippen LogP contribution in [0, 0.1) is 5.92 Å². The first-order valence-corrected chi connectivity index (χ1v) is 9.19. The first kappa shape index (κ1) is 17.2. The SMILES string of the molecule is O=C1CN(C(=O)CC2C(=O)NCCN2CC2CCCCC2)CCN1. The summed E-state index contributed by atoms with van der Waals surface area (Å²) in [6, 6.07) is -0.391. The Morgan fingerprint density at radius 2 is 1.79 bits per heavy atom. The summed E-state index contributed by atoms with van der Waals surface area (Å²) in [5, 5.41) is 5.61. The molecule has 0 aromatic rings. The first-order chi connectivity index (χ1) is 11.6. The van der Waals surface area contributed by atoms with E-state index in [-0.39, 0.29) is 30.7 Å². The maximum absolute atomic E-state index is 12.5. The second-order valence-electron chi connectivity index (χ2n) is 7.18. The zero-order valence-corrected chi connectivity index (χ0v) is 14.3. The highest BCUT2D eigenvalue weighted by atomic mass is 16.2. The van der Waals surface area contributed by atoms with Crippen molar-refractivity contribution in [3.05, 3.63) is 0 Å². The van der Waals surface area contributed by atoms with Gasteiger partial charge in [0.05, 0.1) is 19.0 Å². The molecule has 0 spiro atoms. The van der Waals surface area contributed by atoms with Crippen molar-refractivity contribution in [1.29, 1.82) is 0 Å². The molecule has 3 rings (SSSR count). The van der Waals surface area contributed by atoms with Crippen molar-refractivity contribution >= 4 is 17.7 Å². The molecule has 1 saturated carbocycles. The lowest BCUT2D eigenvalue weighted by Gasteiger charge is -2.38. The largest absolute Gasteiger partial charge is 0.353 e. The van der Waals surface area contributed by atoms with Gasteiger partial charge in [-0.15, -0.1) is 0 Å². The number of piperazine rings is 2. The van der Waals surface area contributed by atoms with Crippen LogP contribution in [0.4, 0.5) is 0 Å². The van der Waals surface area contributed by atoms with Crippen LogP contribution in [0.25, 0.3) is 0 Å². The molecule has 3 amide bonds. The fourth-order valence-corrected chi connectivity index (χ4v) is 4.05. The van der Waals surface area contributed by atoms with E-state index in [9.17, 15) is 14.4 Å². The molecule has 24 heavy (non-hydrogen) atoms. The fourth-order valence-electron chi connectivity index (χ4n) is 4.05. The van der Waals surface area contributed by atoms with Crippen molar-refractivity contribution in [3.63, 3.8) is 0 Å². The van der Waals surface area contributed by atoms with Gasteiger partial charge in [0.1, 0.15) is 0 Å². The lowest BCUT2D eigenvalue weighted by atomic mass is 9.88. The summed E-state index contributed by atoms with van der Waals surface area (Å²) in [4.78, 5) is 40.1. The number of nitrogens with one attached hydrogen (secondary N) is 2. The molecule has 0 aromatic carbocycles. The summed E-state index contributed by atoms with van der Waals surface area (Å²) in [5.74, 6) is 0.372. The van der Waals surface area contributed by atoms with Crippen molar-refractivity contribution < 1.29 is 14.4 Å². The van der Waals surface area contributed by atoms with Gasteiger partial charge in [-0.05, 0) is 18.8 Å². The average Bonchev–Trinajstić information content (AvgIpc) is 2.59. The summed E-state index contributed by atoms with van der Waals surface area (Å²) in [7, 11) is 0. The molecule has 3 aliphatic rings. The van der Waals surface area contributed by atoms with E-state index in [2.05, 4.69) is 15.5 Å². The van der Waals surface area contributed by atoms with Gasteiger partial charge in [0.15, 0.2) is 0 Å². The van der Waals surface area contributed by atoms with E-state index in [1.165, 1.54) is 32.1 Å². The van der Waals surface area contributed by atoms with Gasteiger partial charge in [0.2, 0.25) is 17.7 Å². The molecule has 7 nitrogen and oxygen atoms in total. The van der Waals surface area contributed by atoms with Crippen LogP contribution in [0.3, 0.4) is 0 Å². The normalized spacial score (nSPS) is 26.8. The van der Waals surface area contributed by atoms with Crippen LogP contribution in [0.5, 0.6) is 0 Å². The van der Waals surface area contributed by atoms with Crippen LogP contribution in [0.15, 0.2) is 0 Å². The highest BCUT2D eigenvalue weighted by molar-refractivity contribution is 5.91. The third-order valence-corrected chi connectivity index (χ3v) is 5.42. The van der Waals surface area contributed by atoms with Crippen LogP contribution >= 0.6 is 0 Å². The second kappa shape index (κ2) is 7.96. The van der Waals surface area contributed by atoms with E-state index in [0.29, 0.717) is 25.6 Å². The summed E-state index contributed by atoms with van der Waals surface area (Å²) >= 11 is 0. The number of carbonyl (C=O) groups excluding carboxylic acids is 3. The van der Waals surface area contributed by atoms with Gasteiger partial charge in [-0.2, -0.15) is 0 Å². The maximum Gasteiger partial charge on any atom is 0.239 e. The number of nitrogens with zero attached hydrogens (tertiary/aromatic N) is 2. The molecular formula is C17H28N4O3. The molecule has 1 unspecified atom stereocenters. The van der Waals surface area contributed by atoms with E-state index in [0.717, 1.165) is 13.1 Å². The number of carbonyl (C=O) groups is 3. The smallest absolute Gasteiger partial charge is 0.239 e. The van der Waals surface area contributed by atoms with Crippen molar-refractivity contribution in [2.45, 2.75) is 44.6 Å². The minimum atomic E-state index is -0.391. The highest BCUT2D eigenvalue weighted by Crippen LogP contribution is 2.26. The summed E-state index contributed by atoms with van der Waals surface area (Å²) in [5.41, 5.74) is 0. The molecule has 0 bridgehead atoms. The van der Waals surface area contributed by atoms with E-state index in [4.69, 9.17) is 0 Å². The number of hydrogen-bond acceptors (Lipinski definition) is 4. The van der Waals surface area contributed by atoms with Gasteiger partial charge < -0.3 is 15.5 Å². The average molecular weight is 336 g/mol. The Bertz CT molecular complexity index is 490. The predicted molar refractivity (Wildman–Crippen MR) is 89.2 cm³/mol. The van der Waals surface area contributed by atoms with Crippen molar-refractivity contribution in [2.75, 3.05) is 39.3 Å². The Kier molecular flexibility index (Phi) is 5.71. The van der Waals surface area contributed by atoms with Gasteiger partial charge in [-0.1, -0.05) is 19.3 Å². The van der Waals surface area contributed by atoms with Gasteiger partial charge in [0, 0.05) is 32.7 Å². The lowest BCUT2D eigenvalue weighted by molar-refractivity contribution is -0.142. The molecular weight excluding hydrogens is 308 g/mol. The zero-order valence-electron chi connectivity index (χ0n) is 14.3. The topological polar surface area (TPSA) is 81.8 Å². The molecule has 3 fully saturated rings. The van der Waals surface area contributed by atoms with E-state index in [1.807, 2.05) is 0 Å². The molecule has 134 valence electrons. The first-order valence-electron chi connectivity index (χ1n) is 9.19. The van der Waals surface area contributed by atoms with E-state index in [1.54, 1.807) is 4.90 Å². The fraction of sp³-hybridized carbons (Fsp3) is 0.824. The molecule has 1 atom stereocenters. The minimum Gasteiger partial charge on any atom is -0.353 e. The zero-order chi connectivity index (χ0) is 16.9. The molecule has 0 radical (unpaired) electrons. The number of hydrogen-bond donors (Lipinski definition) is 2. The molecule has 2 aliphatic heterocycles. The third kappa shape index (κ3) is 4.26. The van der Waals surface area contributed by atoms with Crippen LogP contribution in [-0.4, -0.2) is 72.8 Å². The Hall–Kier alpha value is -1.63. The van der Waals surface area contributed by atoms with Crippen LogP contribution in [-0.2, 0) is 14.4 Å². The molecule has 2 heterocycles. The summed E-state index contributed by atoms with van der Waals surface area (Å²) in [6.45, 7) is 3.50. The van der Waals surface area contributed by atoms with Crippen LogP contribution in [0.2, 0.25) is 0 Å². The molecule has 2 N–H and O–H groups in total. The second-order valence-corrected chi connectivity index (χ2v) is 7.18. The van der Waals surface area contributed by atoms with Gasteiger partial charge in [0.25, 0.3) is 0 Å². The third-order valence-electron chi connectivity index (χ3n) is 5.42. The van der Waals surface area contributed by atoms with Crippen LogP contribution < -0.4 is 10.6 Å². The number of rotatable bonds is 4. The van der Waals surface area contributed by atoms with Gasteiger partial charge in [-0.3, -0.25) is 19.3 Å². The standard InChI is InChI=1S/C17H28N4O3/c22-15-12-21(9-6-18-15)16(23)10-14-17(24)19-7-8-20(14)11-13-4-2-1-3-5-13/h13-14H,1-12H2,(H,18,22)(H,19,24). The van der Waals surface area contributed by atoms with Crippen molar-refractivity contribution in [3.8, 4) is 0 Å². The van der Waals surface area contributed by atoms with E-state index < -0.39 is 6.04 Å². The molecule has 0 aromatic heterocycles. The maximum atomic E-state index is 12.5. The van der Waals surface area contributed by atoms with Crippen LogP contribution in [0.1, 0.15) is 38.5 Å². The highest BCUT2D eigenvalue weighted by Gasteiger charge is 2.34. The quantitative estimate of drug-likeness (QED) is 0.740. The van der Waals surface area contributed by atoms with Gasteiger partial charge in [-0.25, -0.2) is 0 Å². The summed E-state index contributed by atoms with van der Waals surface area (Å²) in [6.07, 6.45) is 6.49. The Balaban J connectivity index is 1.59. The monoisotopic (exact) mass is 336 g/mol. The molecule has 2 saturated heterocycles. The van der Waals surface area contributed by atoms with Crippen molar-refractivity contribution in [1.82, 2.24) is 20.4 Å². The Morgan fingerprint density at radius 3 is 2.54 bits per heavy atom. The summed E-state index contributed by atoms with van der Waals surface area (Å²) < 4.78 is 0. The van der Waals surface area contributed by atoms with Gasteiger partial charge >= 0.3 is 0 Å². The number of amides is 3. The van der Waals surface area contributed by atoms with Crippen molar-refractivity contribution in [2.24, 2.45) is 5.92 Å². The van der Waals surface area contributed by atoms with E-state index >= 15 is 0 Å². The minimum absolute atomic E-state index is 0.0492. The Morgan fingerprint density at radius 1 is 1.04 bits per heavy atom. The Labute approximate surface area is 143 Å².